The van der Waals surface area contributed by atoms with E-state index in [4.69, 9.17) is 11.5 Å². The first-order chi connectivity index (χ1) is 9.10. The lowest BCUT2D eigenvalue weighted by molar-refractivity contribution is 0.102. The van der Waals surface area contributed by atoms with Crippen LogP contribution in [0.4, 0.5) is 17.1 Å². The fraction of sp³-hybridized carbons (Fsp3) is 0.133. The highest BCUT2D eigenvalue weighted by Crippen LogP contribution is 2.20. The van der Waals surface area contributed by atoms with E-state index in [1.165, 1.54) is 0 Å². The summed E-state index contributed by atoms with van der Waals surface area (Å²) in [6, 6.07) is 12.3. The molecular weight excluding hydrogens is 238 g/mol. The van der Waals surface area contributed by atoms with Crippen LogP contribution in [0.5, 0.6) is 0 Å². The predicted molar refractivity (Wildman–Crippen MR) is 79.0 cm³/mol. The van der Waals surface area contributed by atoms with Gasteiger partial charge in [-0.25, -0.2) is 0 Å². The van der Waals surface area contributed by atoms with Gasteiger partial charge in [-0.1, -0.05) is 6.92 Å². The Morgan fingerprint density at radius 2 is 1.68 bits per heavy atom. The van der Waals surface area contributed by atoms with Gasteiger partial charge in [0.05, 0.1) is 0 Å². The van der Waals surface area contributed by atoms with E-state index in [1.54, 1.807) is 30.3 Å². The molecule has 0 spiro atoms. The summed E-state index contributed by atoms with van der Waals surface area (Å²) in [5, 5.41) is 2.89. The molecule has 0 aromatic heterocycles. The van der Waals surface area contributed by atoms with Crippen molar-refractivity contribution in [1.82, 2.24) is 0 Å². The first kappa shape index (κ1) is 13.0. The minimum atomic E-state index is -0.153. The van der Waals surface area contributed by atoms with Crippen molar-refractivity contribution in [3.8, 4) is 0 Å². The first-order valence-electron chi connectivity index (χ1n) is 6.15. The van der Waals surface area contributed by atoms with Gasteiger partial charge in [-0.3, -0.25) is 4.79 Å². The molecule has 0 saturated carbocycles. The second kappa shape index (κ2) is 5.44. The molecule has 1 amide bonds. The Balaban J connectivity index is 2.21. The van der Waals surface area contributed by atoms with Gasteiger partial charge in [0.25, 0.3) is 5.91 Å². The summed E-state index contributed by atoms with van der Waals surface area (Å²) in [5.41, 5.74) is 15.0. The number of nitrogen functional groups attached to an aromatic ring is 2. The van der Waals surface area contributed by atoms with Crippen LogP contribution in [-0.2, 0) is 6.42 Å². The molecule has 19 heavy (non-hydrogen) atoms. The van der Waals surface area contributed by atoms with E-state index in [9.17, 15) is 4.79 Å². The number of aryl methyl sites for hydroxylation is 1. The fourth-order valence-corrected chi connectivity index (χ4v) is 1.86. The number of benzene rings is 2. The van der Waals surface area contributed by atoms with Crippen molar-refractivity contribution in [3.63, 3.8) is 0 Å². The third kappa shape index (κ3) is 3.04. The molecular formula is C15H17N3O. The molecule has 2 aromatic rings. The molecule has 0 aliphatic heterocycles. The summed E-state index contributed by atoms with van der Waals surface area (Å²) in [7, 11) is 0. The predicted octanol–water partition coefficient (Wildman–Crippen LogP) is 2.67. The van der Waals surface area contributed by atoms with Crippen LogP contribution < -0.4 is 16.8 Å². The van der Waals surface area contributed by atoms with E-state index in [0.717, 1.165) is 17.7 Å². The van der Waals surface area contributed by atoms with Gasteiger partial charge in [0.2, 0.25) is 0 Å². The van der Waals surface area contributed by atoms with Crippen LogP contribution in [0, 0.1) is 0 Å². The van der Waals surface area contributed by atoms with E-state index in [1.807, 2.05) is 19.1 Å². The van der Waals surface area contributed by atoms with Crippen LogP contribution >= 0.6 is 0 Å². The van der Waals surface area contributed by atoms with Crippen LogP contribution in [-0.4, -0.2) is 5.91 Å². The highest BCUT2D eigenvalue weighted by Gasteiger charge is 2.08. The quantitative estimate of drug-likeness (QED) is 0.737. The van der Waals surface area contributed by atoms with E-state index in [0.29, 0.717) is 16.9 Å². The summed E-state index contributed by atoms with van der Waals surface area (Å²) >= 11 is 0. The molecule has 0 fully saturated rings. The minimum Gasteiger partial charge on any atom is -0.399 e. The topological polar surface area (TPSA) is 81.1 Å². The monoisotopic (exact) mass is 255 g/mol. The molecule has 0 radical (unpaired) electrons. The molecule has 0 saturated heterocycles. The zero-order valence-corrected chi connectivity index (χ0v) is 10.8. The molecule has 0 atom stereocenters. The number of carbonyl (C=O) groups is 1. The molecule has 0 bridgehead atoms. The summed E-state index contributed by atoms with van der Waals surface area (Å²) in [6.45, 7) is 2.02. The standard InChI is InChI=1S/C15H17N3O/c1-2-10-9-13(17)7-8-14(10)18-15(19)11-3-5-12(16)6-4-11/h3-9H,2,16-17H2,1H3,(H,18,19). The molecule has 0 aliphatic carbocycles. The van der Waals surface area contributed by atoms with Crippen LogP contribution in [0.25, 0.3) is 0 Å². The van der Waals surface area contributed by atoms with Crippen molar-refractivity contribution >= 4 is 23.0 Å². The van der Waals surface area contributed by atoms with Crippen molar-refractivity contribution in [3.05, 3.63) is 53.6 Å². The number of nitrogens with one attached hydrogen (secondary N) is 1. The van der Waals surface area contributed by atoms with Crippen molar-refractivity contribution in [2.75, 3.05) is 16.8 Å². The Labute approximate surface area is 112 Å². The van der Waals surface area contributed by atoms with Gasteiger partial charge in [-0.15, -0.1) is 0 Å². The first-order valence-corrected chi connectivity index (χ1v) is 6.15. The summed E-state index contributed by atoms with van der Waals surface area (Å²) < 4.78 is 0. The molecule has 0 unspecified atom stereocenters. The van der Waals surface area contributed by atoms with Crippen LogP contribution in [0.2, 0.25) is 0 Å². The third-order valence-electron chi connectivity index (χ3n) is 2.93. The number of rotatable bonds is 3. The highest BCUT2D eigenvalue weighted by atomic mass is 16.1. The van der Waals surface area contributed by atoms with E-state index >= 15 is 0 Å². The van der Waals surface area contributed by atoms with Crippen LogP contribution in [0.3, 0.4) is 0 Å². The lowest BCUT2D eigenvalue weighted by Gasteiger charge is -2.10. The number of carbonyl (C=O) groups excluding carboxylic acids is 1. The van der Waals surface area contributed by atoms with Crippen molar-refractivity contribution in [2.45, 2.75) is 13.3 Å². The number of hydrogen-bond donors (Lipinski definition) is 3. The lowest BCUT2D eigenvalue weighted by atomic mass is 10.1. The molecule has 0 aliphatic rings. The maximum Gasteiger partial charge on any atom is 0.255 e. The normalized spacial score (nSPS) is 10.2. The maximum absolute atomic E-state index is 12.1. The summed E-state index contributed by atoms with van der Waals surface area (Å²) in [6.07, 6.45) is 0.808. The van der Waals surface area contributed by atoms with Gasteiger partial charge >= 0.3 is 0 Å². The zero-order valence-electron chi connectivity index (χ0n) is 10.8. The maximum atomic E-state index is 12.1. The van der Waals surface area contributed by atoms with E-state index < -0.39 is 0 Å². The lowest BCUT2D eigenvalue weighted by Crippen LogP contribution is -2.13. The van der Waals surface area contributed by atoms with Crippen molar-refractivity contribution in [2.24, 2.45) is 0 Å². The largest absolute Gasteiger partial charge is 0.399 e. The Morgan fingerprint density at radius 1 is 1.05 bits per heavy atom. The number of nitrogens with two attached hydrogens (primary N) is 2. The van der Waals surface area contributed by atoms with Crippen molar-refractivity contribution in [1.29, 1.82) is 0 Å². The second-order valence-electron chi connectivity index (χ2n) is 4.35. The van der Waals surface area contributed by atoms with Gasteiger partial charge in [0.1, 0.15) is 0 Å². The molecule has 0 heterocycles. The molecule has 2 rings (SSSR count). The SMILES string of the molecule is CCc1cc(N)ccc1NC(=O)c1ccc(N)cc1. The van der Waals surface area contributed by atoms with Crippen LogP contribution in [0.1, 0.15) is 22.8 Å². The molecule has 98 valence electrons. The molecule has 5 N–H and O–H groups in total. The molecule has 4 nitrogen and oxygen atoms in total. The van der Waals surface area contributed by atoms with Crippen LogP contribution in [0.15, 0.2) is 42.5 Å². The van der Waals surface area contributed by atoms with Gasteiger partial charge in [0.15, 0.2) is 0 Å². The Morgan fingerprint density at radius 3 is 2.32 bits per heavy atom. The van der Waals surface area contributed by atoms with Gasteiger partial charge in [-0.2, -0.15) is 0 Å². The zero-order chi connectivity index (χ0) is 13.8. The number of anilines is 3. The molecule has 2 aromatic carbocycles. The second-order valence-corrected chi connectivity index (χ2v) is 4.35. The number of amides is 1. The third-order valence-corrected chi connectivity index (χ3v) is 2.93. The average molecular weight is 255 g/mol. The minimum absolute atomic E-state index is 0.153. The van der Waals surface area contributed by atoms with Gasteiger partial charge in [-0.05, 0) is 54.4 Å². The average Bonchev–Trinajstić information content (AvgIpc) is 2.41. The fourth-order valence-electron chi connectivity index (χ4n) is 1.86. The van der Waals surface area contributed by atoms with E-state index in [-0.39, 0.29) is 5.91 Å². The van der Waals surface area contributed by atoms with Crippen molar-refractivity contribution < 1.29 is 4.79 Å². The van der Waals surface area contributed by atoms with E-state index in [2.05, 4.69) is 5.32 Å². The summed E-state index contributed by atoms with van der Waals surface area (Å²) in [5.74, 6) is -0.153. The molecule has 4 heteroatoms. The Kier molecular flexibility index (Phi) is 3.71. The Bertz CT molecular complexity index is 591. The smallest absolute Gasteiger partial charge is 0.255 e. The van der Waals surface area contributed by atoms with Gasteiger partial charge in [0, 0.05) is 22.6 Å². The number of hydrogen-bond acceptors (Lipinski definition) is 3. The van der Waals surface area contributed by atoms with Gasteiger partial charge < -0.3 is 16.8 Å². The summed E-state index contributed by atoms with van der Waals surface area (Å²) in [4.78, 5) is 12.1. The highest BCUT2D eigenvalue weighted by molar-refractivity contribution is 6.04. The Hall–Kier alpha value is -2.49.